The molecule has 1 aliphatic rings. The second-order valence-corrected chi connectivity index (χ2v) is 5.57. The molecule has 0 saturated carbocycles. The van der Waals surface area contributed by atoms with E-state index in [0.29, 0.717) is 13.0 Å². The van der Waals surface area contributed by atoms with Crippen LogP contribution in [0.2, 0.25) is 0 Å². The minimum Gasteiger partial charge on any atom is -0.492 e. The molecular weight excluding hydrogens is 264 g/mol. The zero-order valence-electron chi connectivity index (χ0n) is 12.8. The molecule has 1 aromatic carbocycles. The van der Waals surface area contributed by atoms with E-state index in [1.165, 1.54) is 12.8 Å². The van der Waals surface area contributed by atoms with Gasteiger partial charge in [-0.15, -0.1) is 0 Å². The van der Waals surface area contributed by atoms with Gasteiger partial charge in [-0.3, -0.25) is 4.90 Å². The number of nitriles is 1. The van der Waals surface area contributed by atoms with E-state index in [9.17, 15) is 0 Å². The normalized spacial score (nSPS) is 16.6. The first-order valence-corrected chi connectivity index (χ1v) is 7.62. The lowest BCUT2D eigenvalue weighted by atomic mass is 9.98. The summed E-state index contributed by atoms with van der Waals surface area (Å²) in [6.45, 7) is 4.85. The quantitative estimate of drug-likeness (QED) is 0.773. The lowest BCUT2D eigenvalue weighted by Crippen LogP contribution is -2.37. The highest BCUT2D eigenvalue weighted by molar-refractivity contribution is 5.28. The Kier molecular flexibility index (Phi) is 6.52. The Bertz CT molecular complexity index is 445. The Balaban J connectivity index is 1.64. The van der Waals surface area contributed by atoms with Crippen molar-refractivity contribution in [1.29, 1.82) is 5.26 Å². The van der Waals surface area contributed by atoms with Crippen molar-refractivity contribution in [3.8, 4) is 11.8 Å². The van der Waals surface area contributed by atoms with Crippen LogP contribution in [0.15, 0.2) is 24.3 Å². The van der Waals surface area contributed by atoms with E-state index in [4.69, 9.17) is 14.7 Å². The van der Waals surface area contributed by atoms with Crippen molar-refractivity contribution in [2.75, 3.05) is 40.0 Å². The van der Waals surface area contributed by atoms with Crippen LogP contribution in [0.25, 0.3) is 0 Å². The predicted molar refractivity (Wildman–Crippen MR) is 82.3 cm³/mol. The Labute approximate surface area is 127 Å². The topological polar surface area (TPSA) is 45.5 Å². The summed E-state index contributed by atoms with van der Waals surface area (Å²) in [5.74, 6) is 1.60. The number of rotatable bonds is 7. The third-order valence-electron chi connectivity index (χ3n) is 3.99. The van der Waals surface area contributed by atoms with Crippen molar-refractivity contribution in [3.63, 3.8) is 0 Å². The van der Waals surface area contributed by atoms with Gasteiger partial charge in [-0.25, -0.2) is 0 Å². The van der Waals surface area contributed by atoms with Crippen molar-refractivity contribution >= 4 is 0 Å². The van der Waals surface area contributed by atoms with Crippen LogP contribution in [0.4, 0.5) is 0 Å². The standard InChI is InChI=1S/C17H24N2O2/c1-20-14-16-7-10-19(11-8-16)12-13-21-17-4-2-15(3-5-17)6-9-18/h2-5,16H,6-8,10-14H2,1H3. The molecule has 114 valence electrons. The maximum atomic E-state index is 8.63. The molecule has 1 aliphatic heterocycles. The van der Waals surface area contributed by atoms with Crippen molar-refractivity contribution < 1.29 is 9.47 Å². The Morgan fingerprint density at radius 1 is 1.24 bits per heavy atom. The molecule has 1 heterocycles. The van der Waals surface area contributed by atoms with Gasteiger partial charge in [-0.05, 0) is 49.5 Å². The van der Waals surface area contributed by atoms with Gasteiger partial charge in [0.2, 0.25) is 0 Å². The van der Waals surface area contributed by atoms with Crippen LogP contribution in [-0.4, -0.2) is 44.9 Å². The summed E-state index contributed by atoms with van der Waals surface area (Å²) >= 11 is 0. The molecule has 0 radical (unpaired) electrons. The second kappa shape index (κ2) is 8.66. The second-order valence-electron chi connectivity index (χ2n) is 5.57. The number of methoxy groups -OCH3 is 1. The molecule has 0 bridgehead atoms. The fraction of sp³-hybridized carbons (Fsp3) is 0.588. The maximum absolute atomic E-state index is 8.63. The first-order valence-electron chi connectivity index (χ1n) is 7.62. The fourth-order valence-corrected chi connectivity index (χ4v) is 2.70. The average Bonchev–Trinajstić information content (AvgIpc) is 2.51. The van der Waals surface area contributed by atoms with E-state index >= 15 is 0 Å². The number of hydrogen-bond acceptors (Lipinski definition) is 4. The van der Waals surface area contributed by atoms with Gasteiger partial charge in [0, 0.05) is 20.3 Å². The summed E-state index contributed by atoms with van der Waals surface area (Å²) < 4.78 is 11.0. The molecule has 4 heteroatoms. The lowest BCUT2D eigenvalue weighted by molar-refractivity contribution is 0.0928. The van der Waals surface area contributed by atoms with Crippen molar-refractivity contribution in [2.45, 2.75) is 19.3 Å². The van der Waals surface area contributed by atoms with Gasteiger partial charge in [0.05, 0.1) is 12.5 Å². The van der Waals surface area contributed by atoms with E-state index < -0.39 is 0 Å². The van der Waals surface area contributed by atoms with Crippen LogP contribution in [0, 0.1) is 17.2 Å². The highest BCUT2D eigenvalue weighted by Gasteiger charge is 2.18. The summed E-state index contributed by atoms with van der Waals surface area (Å²) in [5, 5.41) is 8.63. The van der Waals surface area contributed by atoms with Gasteiger partial charge in [0.25, 0.3) is 0 Å². The minimum atomic E-state index is 0.455. The Hall–Kier alpha value is -1.57. The fourth-order valence-electron chi connectivity index (χ4n) is 2.70. The van der Waals surface area contributed by atoms with Crippen molar-refractivity contribution in [2.24, 2.45) is 5.92 Å². The van der Waals surface area contributed by atoms with Gasteiger partial charge in [0.1, 0.15) is 12.4 Å². The van der Waals surface area contributed by atoms with E-state index in [2.05, 4.69) is 11.0 Å². The molecule has 21 heavy (non-hydrogen) atoms. The van der Waals surface area contributed by atoms with Crippen molar-refractivity contribution in [3.05, 3.63) is 29.8 Å². The highest BCUT2D eigenvalue weighted by atomic mass is 16.5. The lowest BCUT2D eigenvalue weighted by Gasteiger charge is -2.31. The number of nitrogens with zero attached hydrogens (tertiary/aromatic N) is 2. The highest BCUT2D eigenvalue weighted by Crippen LogP contribution is 2.17. The molecule has 0 N–H and O–H groups in total. The molecule has 0 aliphatic carbocycles. The molecule has 2 rings (SSSR count). The van der Waals surface area contributed by atoms with Gasteiger partial charge in [0.15, 0.2) is 0 Å². The molecule has 0 spiro atoms. The van der Waals surface area contributed by atoms with Crippen LogP contribution < -0.4 is 4.74 Å². The van der Waals surface area contributed by atoms with Crippen LogP contribution in [0.1, 0.15) is 18.4 Å². The molecule has 4 nitrogen and oxygen atoms in total. The van der Waals surface area contributed by atoms with E-state index in [0.717, 1.165) is 43.5 Å². The van der Waals surface area contributed by atoms with Crippen LogP contribution in [-0.2, 0) is 11.2 Å². The SMILES string of the molecule is COCC1CCN(CCOc2ccc(CC#N)cc2)CC1. The van der Waals surface area contributed by atoms with Crippen LogP contribution >= 0.6 is 0 Å². The average molecular weight is 288 g/mol. The molecule has 0 amide bonds. The third kappa shape index (κ3) is 5.37. The smallest absolute Gasteiger partial charge is 0.119 e. The first-order chi connectivity index (χ1) is 10.3. The monoisotopic (exact) mass is 288 g/mol. The zero-order chi connectivity index (χ0) is 14.9. The number of likely N-dealkylation sites (tertiary alicyclic amines) is 1. The summed E-state index contributed by atoms with van der Waals surface area (Å²) in [5.41, 5.74) is 1.03. The summed E-state index contributed by atoms with van der Waals surface area (Å²) in [7, 11) is 1.78. The van der Waals surface area contributed by atoms with E-state index in [1.807, 2.05) is 24.3 Å². The molecule has 0 unspecified atom stereocenters. The Morgan fingerprint density at radius 3 is 2.57 bits per heavy atom. The van der Waals surface area contributed by atoms with Gasteiger partial charge in [-0.1, -0.05) is 12.1 Å². The van der Waals surface area contributed by atoms with Crippen LogP contribution in [0.3, 0.4) is 0 Å². The van der Waals surface area contributed by atoms with E-state index in [-0.39, 0.29) is 0 Å². The van der Waals surface area contributed by atoms with Gasteiger partial charge < -0.3 is 9.47 Å². The molecule has 1 saturated heterocycles. The van der Waals surface area contributed by atoms with E-state index in [1.54, 1.807) is 7.11 Å². The minimum absolute atomic E-state index is 0.455. The number of hydrogen-bond donors (Lipinski definition) is 0. The van der Waals surface area contributed by atoms with Crippen LogP contribution in [0.5, 0.6) is 5.75 Å². The largest absolute Gasteiger partial charge is 0.492 e. The first kappa shape index (κ1) is 15.8. The zero-order valence-corrected chi connectivity index (χ0v) is 12.8. The third-order valence-corrected chi connectivity index (χ3v) is 3.99. The van der Waals surface area contributed by atoms with Gasteiger partial charge in [-0.2, -0.15) is 5.26 Å². The number of ether oxygens (including phenoxy) is 2. The van der Waals surface area contributed by atoms with Crippen molar-refractivity contribution in [1.82, 2.24) is 4.90 Å². The Morgan fingerprint density at radius 2 is 1.95 bits per heavy atom. The summed E-state index contributed by atoms with van der Waals surface area (Å²) in [6, 6.07) is 9.94. The molecule has 1 aromatic rings. The van der Waals surface area contributed by atoms with Gasteiger partial charge >= 0.3 is 0 Å². The number of piperidine rings is 1. The molecule has 0 aromatic heterocycles. The number of benzene rings is 1. The maximum Gasteiger partial charge on any atom is 0.119 e. The summed E-state index contributed by atoms with van der Waals surface area (Å²) in [4.78, 5) is 2.45. The molecule has 1 fully saturated rings. The summed E-state index contributed by atoms with van der Waals surface area (Å²) in [6.07, 6.45) is 2.89. The predicted octanol–water partition coefficient (Wildman–Crippen LogP) is 2.49. The molecule has 0 atom stereocenters. The molecular formula is C17H24N2O2.